The molecule has 1 saturated heterocycles. The molecule has 1 aliphatic rings. The first-order chi connectivity index (χ1) is 8.01. The highest BCUT2D eigenvalue weighted by Gasteiger charge is 2.37. The maximum atomic E-state index is 12.1. The molecule has 0 aromatic heterocycles. The number of carbonyl (C=O) groups excluding carboxylic acids is 1. The van der Waals surface area contributed by atoms with Crippen molar-refractivity contribution in [3.8, 4) is 0 Å². The van der Waals surface area contributed by atoms with Gasteiger partial charge in [0.1, 0.15) is 0 Å². The van der Waals surface area contributed by atoms with Crippen LogP contribution < -0.4 is 0 Å². The Morgan fingerprint density at radius 2 is 2.18 bits per heavy atom. The first-order valence-electron chi connectivity index (χ1n) is 5.88. The number of carboxylic acids is 1. The zero-order valence-corrected chi connectivity index (χ0v) is 10.4. The van der Waals surface area contributed by atoms with Gasteiger partial charge in [-0.3, -0.25) is 4.79 Å². The van der Waals surface area contributed by atoms with E-state index in [-0.39, 0.29) is 11.9 Å². The standard InChI is InChI=1S/C12H20N2O3/c1-4-6-13(5-2)12(17)14-7-9(3)10(8-14)11(15)16/h4,9-10H,1,5-8H2,2-3H3,(H,15,16). The molecular formula is C12H20N2O3. The van der Waals surface area contributed by atoms with Crippen molar-refractivity contribution in [2.24, 2.45) is 11.8 Å². The van der Waals surface area contributed by atoms with Gasteiger partial charge in [-0.2, -0.15) is 0 Å². The average molecular weight is 240 g/mol. The average Bonchev–Trinajstić information content (AvgIpc) is 2.67. The highest BCUT2D eigenvalue weighted by atomic mass is 16.4. The van der Waals surface area contributed by atoms with E-state index in [0.717, 1.165) is 0 Å². The van der Waals surface area contributed by atoms with E-state index in [9.17, 15) is 9.59 Å². The topological polar surface area (TPSA) is 60.9 Å². The highest BCUT2D eigenvalue weighted by Crippen LogP contribution is 2.24. The smallest absolute Gasteiger partial charge is 0.320 e. The fourth-order valence-corrected chi connectivity index (χ4v) is 2.14. The van der Waals surface area contributed by atoms with E-state index in [2.05, 4.69) is 6.58 Å². The van der Waals surface area contributed by atoms with Crippen LogP contribution in [0.3, 0.4) is 0 Å². The van der Waals surface area contributed by atoms with Crippen molar-refractivity contribution in [1.82, 2.24) is 9.80 Å². The molecule has 17 heavy (non-hydrogen) atoms. The van der Waals surface area contributed by atoms with Crippen LogP contribution in [0, 0.1) is 11.8 Å². The molecule has 5 nitrogen and oxygen atoms in total. The van der Waals surface area contributed by atoms with Crippen LogP contribution in [0.15, 0.2) is 12.7 Å². The van der Waals surface area contributed by atoms with Gasteiger partial charge in [0.2, 0.25) is 0 Å². The van der Waals surface area contributed by atoms with E-state index in [1.165, 1.54) is 0 Å². The number of hydrogen-bond donors (Lipinski definition) is 1. The van der Waals surface area contributed by atoms with Gasteiger partial charge in [0.15, 0.2) is 0 Å². The molecule has 1 rings (SSSR count). The summed E-state index contributed by atoms with van der Waals surface area (Å²) < 4.78 is 0. The van der Waals surface area contributed by atoms with Crippen molar-refractivity contribution in [2.75, 3.05) is 26.2 Å². The molecular weight excluding hydrogens is 220 g/mol. The summed E-state index contributed by atoms with van der Waals surface area (Å²) in [5, 5.41) is 9.01. The van der Waals surface area contributed by atoms with Gasteiger partial charge in [-0.25, -0.2) is 4.79 Å². The number of hydrogen-bond acceptors (Lipinski definition) is 2. The number of carboxylic acid groups (broad SMARTS) is 1. The van der Waals surface area contributed by atoms with Crippen LogP contribution in [0.1, 0.15) is 13.8 Å². The Bertz CT molecular complexity index is 317. The lowest BCUT2D eigenvalue weighted by Gasteiger charge is -2.26. The van der Waals surface area contributed by atoms with Crippen LogP contribution in [0.2, 0.25) is 0 Å². The SMILES string of the molecule is C=CCN(CC)C(=O)N1CC(C)C(C(=O)O)C1. The highest BCUT2D eigenvalue weighted by molar-refractivity contribution is 5.77. The van der Waals surface area contributed by atoms with E-state index in [1.54, 1.807) is 15.9 Å². The zero-order valence-electron chi connectivity index (χ0n) is 10.4. The Kier molecular flexibility index (Phi) is 4.54. The number of aliphatic carboxylic acids is 1. The number of amides is 2. The molecule has 0 saturated carbocycles. The van der Waals surface area contributed by atoms with Crippen molar-refractivity contribution in [3.05, 3.63) is 12.7 Å². The quantitative estimate of drug-likeness (QED) is 0.753. The molecule has 0 spiro atoms. The molecule has 0 aromatic carbocycles. The largest absolute Gasteiger partial charge is 0.481 e. The van der Waals surface area contributed by atoms with Crippen molar-refractivity contribution >= 4 is 12.0 Å². The third-order valence-corrected chi connectivity index (χ3v) is 3.20. The summed E-state index contributed by atoms with van der Waals surface area (Å²) >= 11 is 0. The molecule has 96 valence electrons. The Hall–Kier alpha value is -1.52. The summed E-state index contributed by atoms with van der Waals surface area (Å²) in [5.41, 5.74) is 0. The number of urea groups is 1. The van der Waals surface area contributed by atoms with Crippen LogP contribution in [-0.2, 0) is 4.79 Å². The molecule has 2 atom stereocenters. The molecule has 5 heteroatoms. The number of likely N-dealkylation sites (tertiary alicyclic amines) is 1. The van der Waals surface area contributed by atoms with Crippen LogP contribution in [0.4, 0.5) is 4.79 Å². The monoisotopic (exact) mass is 240 g/mol. The summed E-state index contributed by atoms with van der Waals surface area (Å²) in [5.74, 6) is -1.25. The van der Waals surface area contributed by atoms with Crippen LogP contribution >= 0.6 is 0 Å². The van der Waals surface area contributed by atoms with Gasteiger partial charge >= 0.3 is 12.0 Å². The predicted octanol–water partition coefficient (Wildman–Crippen LogP) is 1.27. The van der Waals surface area contributed by atoms with Gasteiger partial charge in [0.25, 0.3) is 0 Å². The molecule has 0 bridgehead atoms. The number of nitrogens with zero attached hydrogens (tertiary/aromatic N) is 2. The maximum Gasteiger partial charge on any atom is 0.320 e. The number of rotatable bonds is 4. The molecule has 1 N–H and O–H groups in total. The van der Waals surface area contributed by atoms with Gasteiger partial charge in [0, 0.05) is 26.2 Å². The van der Waals surface area contributed by atoms with Crippen LogP contribution in [-0.4, -0.2) is 53.1 Å². The second kappa shape index (κ2) is 5.70. The maximum absolute atomic E-state index is 12.1. The van der Waals surface area contributed by atoms with Gasteiger partial charge in [0.05, 0.1) is 5.92 Å². The lowest BCUT2D eigenvalue weighted by Crippen LogP contribution is -2.42. The first kappa shape index (κ1) is 13.5. The number of carbonyl (C=O) groups is 2. The van der Waals surface area contributed by atoms with E-state index in [4.69, 9.17) is 5.11 Å². The Morgan fingerprint density at radius 3 is 2.59 bits per heavy atom. The van der Waals surface area contributed by atoms with Gasteiger partial charge in [-0.1, -0.05) is 13.0 Å². The van der Waals surface area contributed by atoms with Crippen LogP contribution in [0.25, 0.3) is 0 Å². The fourth-order valence-electron chi connectivity index (χ4n) is 2.14. The second-order valence-electron chi connectivity index (χ2n) is 4.44. The van der Waals surface area contributed by atoms with Gasteiger partial charge < -0.3 is 14.9 Å². The van der Waals surface area contributed by atoms with E-state index in [1.807, 2.05) is 13.8 Å². The van der Waals surface area contributed by atoms with E-state index >= 15 is 0 Å². The molecule has 1 fully saturated rings. The minimum Gasteiger partial charge on any atom is -0.481 e. The second-order valence-corrected chi connectivity index (χ2v) is 4.44. The summed E-state index contributed by atoms with van der Waals surface area (Å²) in [4.78, 5) is 26.3. The zero-order chi connectivity index (χ0) is 13.0. The van der Waals surface area contributed by atoms with Gasteiger partial charge in [-0.05, 0) is 12.8 Å². The summed E-state index contributed by atoms with van der Waals surface area (Å²) in [7, 11) is 0. The molecule has 2 amide bonds. The van der Waals surface area contributed by atoms with Gasteiger partial charge in [-0.15, -0.1) is 6.58 Å². The van der Waals surface area contributed by atoms with Crippen molar-refractivity contribution in [1.29, 1.82) is 0 Å². The third kappa shape index (κ3) is 2.99. The minimum atomic E-state index is -0.820. The predicted molar refractivity (Wildman–Crippen MR) is 64.7 cm³/mol. The Labute approximate surface area is 102 Å². The third-order valence-electron chi connectivity index (χ3n) is 3.20. The Balaban J connectivity index is 2.66. The number of likely N-dealkylation sites (N-methyl/N-ethyl adjacent to an activating group) is 1. The molecule has 0 aliphatic carbocycles. The van der Waals surface area contributed by atoms with Crippen molar-refractivity contribution in [3.63, 3.8) is 0 Å². The first-order valence-corrected chi connectivity index (χ1v) is 5.88. The molecule has 2 unspecified atom stereocenters. The fraction of sp³-hybridized carbons (Fsp3) is 0.667. The van der Waals surface area contributed by atoms with E-state index in [0.29, 0.717) is 26.2 Å². The molecule has 1 aliphatic heterocycles. The van der Waals surface area contributed by atoms with Crippen molar-refractivity contribution in [2.45, 2.75) is 13.8 Å². The normalized spacial score (nSPS) is 23.5. The van der Waals surface area contributed by atoms with Crippen LogP contribution in [0.5, 0.6) is 0 Å². The molecule has 1 heterocycles. The summed E-state index contributed by atoms with van der Waals surface area (Å²) in [6.45, 7) is 9.31. The summed E-state index contributed by atoms with van der Waals surface area (Å²) in [6, 6.07) is -0.0944. The van der Waals surface area contributed by atoms with Crippen molar-refractivity contribution < 1.29 is 14.7 Å². The lowest BCUT2D eigenvalue weighted by atomic mass is 9.99. The summed E-state index contributed by atoms with van der Waals surface area (Å²) in [6.07, 6.45) is 1.68. The Morgan fingerprint density at radius 1 is 1.53 bits per heavy atom. The molecule has 0 aromatic rings. The van der Waals surface area contributed by atoms with E-state index < -0.39 is 11.9 Å². The lowest BCUT2D eigenvalue weighted by molar-refractivity contribution is -0.142. The molecule has 0 radical (unpaired) electrons. The minimum absolute atomic E-state index is 0.0129.